The molecule has 0 atom stereocenters. The molecule has 0 amide bonds. The Hall–Kier alpha value is -1.40. The number of aromatic nitrogens is 3. The second-order valence-corrected chi connectivity index (χ2v) is 5.34. The molecule has 2 aromatic rings. The summed E-state index contributed by atoms with van der Waals surface area (Å²) in [4.78, 5) is 0. The maximum atomic E-state index is 5.25. The fraction of sp³-hybridized carbons (Fsp3) is 0.385. The van der Waals surface area contributed by atoms with Gasteiger partial charge in [-0.1, -0.05) is 19.1 Å². The number of nitrogens with one attached hydrogen (secondary N) is 1. The van der Waals surface area contributed by atoms with Crippen LogP contribution < -0.4 is 10.1 Å². The van der Waals surface area contributed by atoms with Gasteiger partial charge in [-0.3, -0.25) is 0 Å². The SMILES string of the molecule is COc1ccc(Br)c(-n2nncc2CNC(C)C)c1. The molecule has 0 saturated heterocycles. The maximum Gasteiger partial charge on any atom is 0.121 e. The number of rotatable bonds is 5. The topological polar surface area (TPSA) is 52.0 Å². The van der Waals surface area contributed by atoms with E-state index in [0.717, 1.165) is 21.6 Å². The van der Waals surface area contributed by atoms with Crippen LogP contribution in [0.4, 0.5) is 0 Å². The molecular weight excluding hydrogens is 308 g/mol. The Morgan fingerprint density at radius 2 is 2.21 bits per heavy atom. The van der Waals surface area contributed by atoms with Crippen molar-refractivity contribution in [2.75, 3.05) is 7.11 Å². The van der Waals surface area contributed by atoms with Gasteiger partial charge >= 0.3 is 0 Å². The van der Waals surface area contributed by atoms with Crippen LogP contribution in [-0.4, -0.2) is 28.1 Å². The molecule has 1 aromatic heterocycles. The monoisotopic (exact) mass is 324 g/mol. The zero-order valence-corrected chi connectivity index (χ0v) is 12.8. The lowest BCUT2D eigenvalue weighted by molar-refractivity contribution is 0.414. The van der Waals surface area contributed by atoms with Gasteiger partial charge in [0, 0.05) is 23.1 Å². The third-order valence-electron chi connectivity index (χ3n) is 2.69. The van der Waals surface area contributed by atoms with Crippen molar-refractivity contribution >= 4 is 15.9 Å². The molecule has 0 unspecified atom stereocenters. The minimum Gasteiger partial charge on any atom is -0.497 e. The summed E-state index contributed by atoms with van der Waals surface area (Å²) in [5.74, 6) is 0.788. The Kier molecular flexibility index (Phi) is 4.55. The summed E-state index contributed by atoms with van der Waals surface area (Å²) in [5.41, 5.74) is 1.92. The van der Waals surface area contributed by atoms with Gasteiger partial charge in [0.1, 0.15) is 5.75 Å². The first-order valence-electron chi connectivity index (χ1n) is 6.08. The zero-order valence-electron chi connectivity index (χ0n) is 11.2. The van der Waals surface area contributed by atoms with E-state index in [9.17, 15) is 0 Å². The molecule has 0 aliphatic rings. The molecule has 0 bridgehead atoms. The Morgan fingerprint density at radius 1 is 1.42 bits per heavy atom. The van der Waals surface area contributed by atoms with E-state index >= 15 is 0 Å². The smallest absolute Gasteiger partial charge is 0.121 e. The third kappa shape index (κ3) is 3.33. The first-order valence-corrected chi connectivity index (χ1v) is 6.88. The Balaban J connectivity index is 2.33. The van der Waals surface area contributed by atoms with Crippen molar-refractivity contribution in [1.82, 2.24) is 20.3 Å². The predicted molar refractivity (Wildman–Crippen MR) is 77.6 cm³/mol. The number of nitrogens with zero attached hydrogens (tertiary/aromatic N) is 3. The van der Waals surface area contributed by atoms with Crippen LogP contribution in [0, 0.1) is 0 Å². The first-order chi connectivity index (χ1) is 9.11. The predicted octanol–water partition coefficient (Wildman–Crippen LogP) is 2.54. The lowest BCUT2D eigenvalue weighted by Crippen LogP contribution is -2.23. The number of benzene rings is 1. The van der Waals surface area contributed by atoms with Crippen molar-refractivity contribution < 1.29 is 4.74 Å². The lowest BCUT2D eigenvalue weighted by atomic mass is 10.3. The summed E-state index contributed by atoms with van der Waals surface area (Å²) in [6.45, 7) is 4.93. The molecule has 0 aliphatic heterocycles. The summed E-state index contributed by atoms with van der Waals surface area (Å²) in [5, 5.41) is 11.5. The summed E-state index contributed by atoms with van der Waals surface area (Å²) >= 11 is 3.53. The van der Waals surface area contributed by atoms with Crippen LogP contribution in [0.15, 0.2) is 28.9 Å². The van der Waals surface area contributed by atoms with E-state index in [0.29, 0.717) is 12.6 Å². The van der Waals surface area contributed by atoms with Crippen molar-refractivity contribution in [1.29, 1.82) is 0 Å². The number of hydrogen-bond donors (Lipinski definition) is 1. The van der Waals surface area contributed by atoms with Gasteiger partial charge in [0.25, 0.3) is 0 Å². The van der Waals surface area contributed by atoms with Crippen molar-refractivity contribution in [3.8, 4) is 11.4 Å². The number of ether oxygens (including phenoxy) is 1. The van der Waals surface area contributed by atoms with E-state index < -0.39 is 0 Å². The largest absolute Gasteiger partial charge is 0.497 e. The molecule has 102 valence electrons. The molecule has 0 fully saturated rings. The molecule has 0 spiro atoms. The van der Waals surface area contributed by atoms with Crippen LogP contribution in [0.25, 0.3) is 5.69 Å². The second kappa shape index (κ2) is 6.16. The van der Waals surface area contributed by atoms with E-state index in [1.54, 1.807) is 13.3 Å². The highest BCUT2D eigenvalue weighted by Crippen LogP contribution is 2.26. The van der Waals surface area contributed by atoms with Gasteiger partial charge in [-0.05, 0) is 28.1 Å². The van der Waals surface area contributed by atoms with Gasteiger partial charge in [0.2, 0.25) is 0 Å². The highest BCUT2D eigenvalue weighted by Gasteiger charge is 2.11. The standard InChI is InChI=1S/C13H17BrN4O/c1-9(2)15-7-10-8-16-17-18(10)13-6-11(19-3)4-5-12(13)14/h4-6,8-9,15H,7H2,1-3H3. The third-order valence-corrected chi connectivity index (χ3v) is 3.36. The van der Waals surface area contributed by atoms with Crippen LogP contribution in [0.1, 0.15) is 19.5 Å². The highest BCUT2D eigenvalue weighted by atomic mass is 79.9. The molecule has 5 nitrogen and oxygen atoms in total. The van der Waals surface area contributed by atoms with E-state index in [1.807, 2.05) is 22.9 Å². The molecule has 1 aromatic carbocycles. The molecule has 1 heterocycles. The van der Waals surface area contributed by atoms with Gasteiger partial charge in [-0.25, -0.2) is 4.68 Å². The van der Waals surface area contributed by atoms with Crippen molar-refractivity contribution in [2.24, 2.45) is 0 Å². The summed E-state index contributed by atoms with van der Waals surface area (Å²) < 4.78 is 8.00. The average molecular weight is 325 g/mol. The number of hydrogen-bond acceptors (Lipinski definition) is 4. The molecular formula is C13H17BrN4O. The van der Waals surface area contributed by atoms with Crippen LogP contribution in [-0.2, 0) is 6.54 Å². The second-order valence-electron chi connectivity index (χ2n) is 4.49. The molecule has 0 aliphatic carbocycles. The summed E-state index contributed by atoms with van der Waals surface area (Å²) in [6, 6.07) is 6.18. The molecule has 2 rings (SSSR count). The van der Waals surface area contributed by atoms with Gasteiger partial charge < -0.3 is 10.1 Å². The number of methoxy groups -OCH3 is 1. The minimum atomic E-state index is 0.414. The maximum absolute atomic E-state index is 5.25. The average Bonchev–Trinajstić information content (AvgIpc) is 2.85. The molecule has 6 heteroatoms. The van der Waals surface area contributed by atoms with Crippen molar-refractivity contribution in [2.45, 2.75) is 26.4 Å². The van der Waals surface area contributed by atoms with Crippen LogP contribution >= 0.6 is 15.9 Å². The van der Waals surface area contributed by atoms with E-state index in [2.05, 4.69) is 45.4 Å². The Bertz CT molecular complexity index is 553. The number of halogens is 1. The van der Waals surface area contributed by atoms with Crippen LogP contribution in [0.3, 0.4) is 0 Å². The summed E-state index contributed by atoms with van der Waals surface area (Å²) in [6.07, 6.45) is 1.77. The fourth-order valence-electron chi connectivity index (χ4n) is 1.67. The van der Waals surface area contributed by atoms with E-state index in [-0.39, 0.29) is 0 Å². The molecule has 0 radical (unpaired) electrons. The Labute approximate surface area is 121 Å². The van der Waals surface area contributed by atoms with Crippen molar-refractivity contribution in [3.05, 3.63) is 34.6 Å². The molecule has 1 N–H and O–H groups in total. The van der Waals surface area contributed by atoms with Crippen LogP contribution in [0.5, 0.6) is 5.75 Å². The normalized spacial score (nSPS) is 11.0. The van der Waals surface area contributed by atoms with Gasteiger partial charge in [0.15, 0.2) is 0 Å². The van der Waals surface area contributed by atoms with Gasteiger partial charge in [-0.15, -0.1) is 5.10 Å². The Morgan fingerprint density at radius 3 is 2.89 bits per heavy atom. The zero-order chi connectivity index (χ0) is 13.8. The fourth-order valence-corrected chi connectivity index (χ4v) is 2.08. The van der Waals surface area contributed by atoms with Gasteiger partial charge in [-0.2, -0.15) is 0 Å². The molecule has 0 saturated carbocycles. The van der Waals surface area contributed by atoms with E-state index in [4.69, 9.17) is 4.74 Å². The van der Waals surface area contributed by atoms with Crippen LogP contribution in [0.2, 0.25) is 0 Å². The quantitative estimate of drug-likeness (QED) is 0.918. The van der Waals surface area contributed by atoms with Crippen molar-refractivity contribution in [3.63, 3.8) is 0 Å². The lowest BCUT2D eigenvalue weighted by Gasteiger charge is -2.12. The van der Waals surface area contributed by atoms with Gasteiger partial charge in [0.05, 0.1) is 24.7 Å². The molecule has 19 heavy (non-hydrogen) atoms. The van der Waals surface area contributed by atoms with E-state index in [1.165, 1.54) is 0 Å². The minimum absolute atomic E-state index is 0.414. The first kappa shape index (κ1) is 14.0. The summed E-state index contributed by atoms with van der Waals surface area (Å²) in [7, 11) is 1.65. The highest BCUT2D eigenvalue weighted by molar-refractivity contribution is 9.10.